The Bertz CT molecular complexity index is 798. The van der Waals surface area contributed by atoms with Crippen molar-refractivity contribution in [1.29, 1.82) is 0 Å². The molecular weight excluding hydrogens is 372 g/mol. The number of aryl methyl sites for hydroxylation is 2. The summed E-state index contributed by atoms with van der Waals surface area (Å²) in [5.74, 6) is -0.442. The van der Waals surface area contributed by atoms with Gasteiger partial charge in [-0.1, -0.05) is 37.3 Å². The van der Waals surface area contributed by atoms with Crippen LogP contribution in [-0.4, -0.2) is 54.3 Å². The zero-order valence-corrected chi connectivity index (χ0v) is 17.3. The van der Waals surface area contributed by atoms with Crippen molar-refractivity contribution in [2.24, 2.45) is 0 Å². The fourth-order valence-corrected chi connectivity index (χ4v) is 4.37. The molecule has 1 aromatic carbocycles. The molecule has 0 bridgehead atoms. The van der Waals surface area contributed by atoms with Crippen LogP contribution in [0, 0.1) is 6.92 Å². The third-order valence-corrected chi connectivity index (χ3v) is 6.34. The lowest BCUT2D eigenvalue weighted by Crippen LogP contribution is -2.51. The molecule has 0 spiro atoms. The summed E-state index contributed by atoms with van der Waals surface area (Å²) in [6, 6.07) is 12.3. The monoisotopic (exact) mass is 400 g/mol. The molecule has 0 saturated carbocycles. The molecule has 1 aliphatic heterocycles. The zero-order chi connectivity index (χ0) is 19.9. The molecule has 2 heterocycles. The van der Waals surface area contributed by atoms with Crippen LogP contribution in [0.1, 0.15) is 32.6 Å². The quantitative estimate of drug-likeness (QED) is 0.730. The first-order valence-electron chi connectivity index (χ1n) is 9.72. The maximum Gasteiger partial charge on any atom is 0.279 e. The van der Waals surface area contributed by atoms with Crippen LogP contribution in [0.2, 0.25) is 0 Å². The van der Waals surface area contributed by atoms with E-state index in [0.29, 0.717) is 11.4 Å². The van der Waals surface area contributed by atoms with Gasteiger partial charge in [-0.3, -0.25) is 30.2 Å². The predicted molar refractivity (Wildman–Crippen MR) is 112 cm³/mol. The van der Waals surface area contributed by atoms with Gasteiger partial charge < -0.3 is 0 Å². The van der Waals surface area contributed by atoms with Gasteiger partial charge in [-0.25, -0.2) is 0 Å². The number of hydrazine groups is 1. The second-order valence-electron chi connectivity index (χ2n) is 7.11. The molecule has 2 N–H and O–H groups in total. The number of carbonyl (C=O) groups excluding carboxylic acids is 2. The van der Waals surface area contributed by atoms with Gasteiger partial charge in [0, 0.05) is 37.6 Å². The van der Waals surface area contributed by atoms with Crippen LogP contribution in [0.25, 0.3) is 0 Å². The zero-order valence-electron chi connectivity index (χ0n) is 16.5. The molecule has 0 unspecified atom stereocenters. The lowest BCUT2D eigenvalue weighted by molar-refractivity contribution is -0.123. The van der Waals surface area contributed by atoms with Gasteiger partial charge >= 0.3 is 0 Å². The summed E-state index contributed by atoms with van der Waals surface area (Å²) in [5, 5.41) is 0. The highest BCUT2D eigenvalue weighted by molar-refractivity contribution is 7.14. The topological polar surface area (TPSA) is 64.7 Å². The number of amides is 2. The molecule has 0 atom stereocenters. The highest BCUT2D eigenvalue weighted by Gasteiger charge is 2.19. The summed E-state index contributed by atoms with van der Waals surface area (Å²) in [6.07, 6.45) is 0.909. The van der Waals surface area contributed by atoms with E-state index in [1.807, 2.05) is 19.1 Å². The molecule has 150 valence electrons. The first-order chi connectivity index (χ1) is 13.5. The molecule has 1 saturated heterocycles. The Balaban J connectivity index is 1.38. The molecule has 1 fully saturated rings. The SMILES string of the molecule is CCc1sc(C(=O)NNC(=O)CN2CCN(Cc3ccccc3)CC2)cc1C. The van der Waals surface area contributed by atoms with Crippen LogP contribution in [0.3, 0.4) is 0 Å². The van der Waals surface area contributed by atoms with Crippen LogP contribution in [0.15, 0.2) is 36.4 Å². The molecule has 3 rings (SSSR count). The van der Waals surface area contributed by atoms with Gasteiger partial charge in [-0.2, -0.15) is 0 Å². The van der Waals surface area contributed by atoms with Crippen molar-refractivity contribution >= 4 is 23.2 Å². The minimum absolute atomic E-state index is 0.186. The molecule has 0 aliphatic carbocycles. The minimum Gasteiger partial charge on any atom is -0.297 e. The van der Waals surface area contributed by atoms with Gasteiger partial charge in [0.1, 0.15) is 0 Å². The number of nitrogens with one attached hydrogen (secondary N) is 2. The largest absolute Gasteiger partial charge is 0.297 e. The van der Waals surface area contributed by atoms with E-state index in [2.05, 4.69) is 51.8 Å². The Labute approximate surface area is 170 Å². The molecule has 7 heteroatoms. The van der Waals surface area contributed by atoms with Crippen LogP contribution >= 0.6 is 11.3 Å². The normalized spacial score (nSPS) is 15.4. The van der Waals surface area contributed by atoms with Crippen molar-refractivity contribution in [2.75, 3.05) is 32.7 Å². The van der Waals surface area contributed by atoms with Crippen LogP contribution in [0.4, 0.5) is 0 Å². The van der Waals surface area contributed by atoms with Crippen molar-refractivity contribution in [2.45, 2.75) is 26.8 Å². The number of hydrogen-bond donors (Lipinski definition) is 2. The maximum absolute atomic E-state index is 12.2. The fourth-order valence-electron chi connectivity index (χ4n) is 3.36. The number of rotatable bonds is 6. The number of piperazine rings is 1. The first-order valence-corrected chi connectivity index (χ1v) is 10.5. The Morgan fingerprint density at radius 3 is 2.36 bits per heavy atom. The lowest BCUT2D eigenvalue weighted by atomic mass is 10.2. The van der Waals surface area contributed by atoms with Crippen molar-refractivity contribution in [1.82, 2.24) is 20.7 Å². The van der Waals surface area contributed by atoms with Crippen molar-refractivity contribution in [3.8, 4) is 0 Å². The van der Waals surface area contributed by atoms with Gasteiger partial charge in [0.25, 0.3) is 11.8 Å². The third kappa shape index (κ3) is 5.64. The van der Waals surface area contributed by atoms with E-state index < -0.39 is 0 Å². The van der Waals surface area contributed by atoms with Gasteiger partial charge in [0.05, 0.1) is 11.4 Å². The molecule has 1 aromatic heterocycles. The molecule has 2 amide bonds. The van der Waals surface area contributed by atoms with Gasteiger partial charge in [0.2, 0.25) is 0 Å². The molecule has 1 aliphatic rings. The van der Waals surface area contributed by atoms with Gasteiger partial charge in [-0.05, 0) is 30.5 Å². The number of hydrogen-bond acceptors (Lipinski definition) is 5. The van der Waals surface area contributed by atoms with E-state index in [4.69, 9.17) is 0 Å². The first kappa shape index (κ1) is 20.5. The van der Waals surface area contributed by atoms with E-state index in [1.54, 1.807) is 0 Å². The second kappa shape index (κ2) is 9.82. The van der Waals surface area contributed by atoms with Crippen LogP contribution < -0.4 is 10.9 Å². The lowest BCUT2D eigenvalue weighted by Gasteiger charge is -2.34. The average Bonchev–Trinajstić information content (AvgIpc) is 3.09. The third-order valence-electron chi connectivity index (χ3n) is 4.96. The summed E-state index contributed by atoms with van der Waals surface area (Å²) in [4.78, 5) is 30.7. The molecule has 0 radical (unpaired) electrons. The standard InChI is InChI=1S/C21H28N4O2S/c1-3-18-16(2)13-19(28-18)21(27)23-22-20(26)15-25-11-9-24(10-12-25)14-17-7-5-4-6-8-17/h4-8,13H,3,9-12,14-15H2,1-2H3,(H,22,26)(H,23,27). The summed E-state index contributed by atoms with van der Waals surface area (Å²) < 4.78 is 0. The van der Waals surface area contributed by atoms with E-state index in [9.17, 15) is 9.59 Å². The van der Waals surface area contributed by atoms with E-state index >= 15 is 0 Å². The van der Waals surface area contributed by atoms with Gasteiger partial charge in [-0.15, -0.1) is 11.3 Å². The van der Waals surface area contributed by atoms with Crippen molar-refractivity contribution in [3.63, 3.8) is 0 Å². The average molecular weight is 401 g/mol. The van der Waals surface area contributed by atoms with E-state index in [1.165, 1.54) is 21.8 Å². The van der Waals surface area contributed by atoms with Gasteiger partial charge in [0.15, 0.2) is 0 Å². The fraction of sp³-hybridized carbons (Fsp3) is 0.429. The highest BCUT2D eigenvalue weighted by atomic mass is 32.1. The Kier molecular flexibility index (Phi) is 7.19. The van der Waals surface area contributed by atoms with E-state index in [-0.39, 0.29) is 11.8 Å². The molecule has 6 nitrogen and oxygen atoms in total. The number of thiophene rings is 1. The summed E-state index contributed by atoms with van der Waals surface area (Å²) in [6.45, 7) is 8.87. The van der Waals surface area contributed by atoms with Crippen LogP contribution in [-0.2, 0) is 17.8 Å². The molecule has 28 heavy (non-hydrogen) atoms. The predicted octanol–water partition coefficient (Wildman–Crippen LogP) is 2.20. The maximum atomic E-state index is 12.2. The smallest absolute Gasteiger partial charge is 0.279 e. The summed E-state index contributed by atoms with van der Waals surface area (Å²) >= 11 is 1.48. The minimum atomic E-state index is -0.256. The number of carbonyl (C=O) groups is 2. The summed E-state index contributed by atoms with van der Waals surface area (Å²) in [5.41, 5.74) is 7.50. The van der Waals surface area contributed by atoms with Crippen molar-refractivity contribution < 1.29 is 9.59 Å². The Hall–Kier alpha value is -2.22. The van der Waals surface area contributed by atoms with E-state index in [0.717, 1.165) is 44.7 Å². The summed E-state index contributed by atoms with van der Waals surface area (Å²) in [7, 11) is 0. The second-order valence-corrected chi connectivity index (χ2v) is 8.25. The molecule has 2 aromatic rings. The Morgan fingerprint density at radius 2 is 1.71 bits per heavy atom. The Morgan fingerprint density at radius 1 is 1.04 bits per heavy atom. The number of benzene rings is 1. The molecular formula is C21H28N4O2S. The van der Waals surface area contributed by atoms with Crippen molar-refractivity contribution in [3.05, 3.63) is 57.3 Å². The number of nitrogens with zero attached hydrogens (tertiary/aromatic N) is 2. The highest BCUT2D eigenvalue weighted by Crippen LogP contribution is 2.21. The van der Waals surface area contributed by atoms with Crippen LogP contribution in [0.5, 0.6) is 0 Å².